The fourth-order valence-electron chi connectivity index (χ4n) is 1.58. The maximum absolute atomic E-state index is 11.7. The van der Waals surface area contributed by atoms with Gasteiger partial charge in [-0.15, -0.1) is 0 Å². The molecule has 0 spiro atoms. The topological polar surface area (TPSA) is 72.5 Å². The number of ether oxygens (including phenoxy) is 1. The molecule has 2 aromatic carbocycles. The van der Waals surface area contributed by atoms with Crippen molar-refractivity contribution in [3.8, 4) is 11.5 Å². The van der Waals surface area contributed by atoms with Gasteiger partial charge in [0.25, 0.3) is 5.91 Å². The van der Waals surface area contributed by atoms with Crippen molar-refractivity contribution >= 4 is 39.1 Å². The highest BCUT2D eigenvalue weighted by Crippen LogP contribution is 2.30. The van der Waals surface area contributed by atoms with E-state index in [0.717, 1.165) is 6.26 Å². The lowest BCUT2D eigenvalue weighted by Gasteiger charge is -2.09. The van der Waals surface area contributed by atoms with Crippen LogP contribution in [0.5, 0.6) is 11.5 Å². The molecule has 8 heteroatoms. The summed E-state index contributed by atoms with van der Waals surface area (Å²) in [5, 5.41) is 0.752. The molecule has 22 heavy (non-hydrogen) atoms. The molecule has 0 bridgehead atoms. The summed E-state index contributed by atoms with van der Waals surface area (Å²) in [6.45, 7) is 0. The Hall–Kier alpha value is -1.76. The highest BCUT2D eigenvalue weighted by atomic mass is 35.5. The summed E-state index contributed by atoms with van der Waals surface area (Å²) in [4.78, 5) is 11.7. The number of nitrogens with one attached hydrogen (secondary N) is 1. The second-order valence-electron chi connectivity index (χ2n) is 4.40. The molecular weight excluding hydrogens is 349 g/mol. The van der Waals surface area contributed by atoms with Crippen molar-refractivity contribution in [3.05, 3.63) is 58.1 Å². The Balaban J connectivity index is 2.19. The average molecular weight is 360 g/mol. The lowest BCUT2D eigenvalue weighted by Crippen LogP contribution is -2.29. The number of sulfonamides is 1. The molecule has 1 amide bonds. The first-order valence-electron chi connectivity index (χ1n) is 6.00. The molecule has 0 unspecified atom stereocenters. The number of hydrogen-bond acceptors (Lipinski definition) is 4. The smallest absolute Gasteiger partial charge is 0.264 e. The fourth-order valence-corrected chi connectivity index (χ4v) is 2.38. The van der Waals surface area contributed by atoms with Gasteiger partial charge in [-0.05, 0) is 42.5 Å². The Kier molecular flexibility index (Phi) is 4.95. The molecule has 0 radical (unpaired) electrons. The molecule has 0 fully saturated rings. The molecule has 2 aromatic rings. The van der Waals surface area contributed by atoms with Crippen molar-refractivity contribution in [3.63, 3.8) is 0 Å². The summed E-state index contributed by atoms with van der Waals surface area (Å²) in [7, 11) is -3.63. The molecule has 0 aliphatic carbocycles. The van der Waals surface area contributed by atoms with E-state index in [1.807, 2.05) is 4.72 Å². The van der Waals surface area contributed by atoms with E-state index in [1.54, 1.807) is 24.3 Å². The maximum Gasteiger partial charge on any atom is 0.264 e. The normalized spacial score (nSPS) is 11.0. The van der Waals surface area contributed by atoms with E-state index in [1.165, 1.54) is 18.2 Å². The van der Waals surface area contributed by atoms with E-state index in [0.29, 0.717) is 16.5 Å². The molecule has 0 aromatic heterocycles. The minimum atomic E-state index is -3.63. The molecular formula is C14H11Cl2NO4S. The summed E-state index contributed by atoms with van der Waals surface area (Å²) in [6.07, 6.45) is 0.893. The number of halogens is 2. The predicted octanol–water partition coefficient (Wildman–Crippen LogP) is 3.48. The second kappa shape index (κ2) is 6.56. The molecule has 116 valence electrons. The van der Waals surface area contributed by atoms with Crippen LogP contribution in [0, 0.1) is 0 Å². The second-order valence-corrected chi connectivity index (χ2v) is 7.00. The minimum Gasteiger partial charge on any atom is -0.456 e. The highest BCUT2D eigenvalue weighted by Gasteiger charge is 2.13. The summed E-state index contributed by atoms with van der Waals surface area (Å²) in [6, 6.07) is 10.9. The van der Waals surface area contributed by atoms with Crippen LogP contribution in [0.25, 0.3) is 0 Å². The number of amides is 1. The maximum atomic E-state index is 11.7. The van der Waals surface area contributed by atoms with E-state index in [9.17, 15) is 13.2 Å². The minimum absolute atomic E-state index is 0.110. The standard InChI is InChI=1S/C14H11Cl2NO4S/c1-22(19,20)17-14(18)9-2-7-13(12(16)8-9)21-11-5-3-10(15)4-6-11/h2-8H,1H3,(H,17,18). The van der Waals surface area contributed by atoms with E-state index in [2.05, 4.69) is 0 Å². The van der Waals surface area contributed by atoms with Gasteiger partial charge in [-0.25, -0.2) is 13.1 Å². The third kappa shape index (κ3) is 4.62. The zero-order chi connectivity index (χ0) is 16.3. The SMILES string of the molecule is CS(=O)(=O)NC(=O)c1ccc(Oc2ccc(Cl)cc2)c(Cl)c1. The monoisotopic (exact) mass is 359 g/mol. The van der Waals surface area contributed by atoms with Crippen molar-refractivity contribution < 1.29 is 17.9 Å². The Labute approximate surface area is 137 Å². The van der Waals surface area contributed by atoms with Crippen LogP contribution in [0.4, 0.5) is 0 Å². The first-order chi connectivity index (χ1) is 10.2. The number of benzene rings is 2. The van der Waals surface area contributed by atoms with Gasteiger partial charge in [0.15, 0.2) is 0 Å². The van der Waals surface area contributed by atoms with E-state index in [-0.39, 0.29) is 10.6 Å². The van der Waals surface area contributed by atoms with Crippen LogP contribution in [0.15, 0.2) is 42.5 Å². The molecule has 0 aliphatic heterocycles. The van der Waals surface area contributed by atoms with Crippen LogP contribution >= 0.6 is 23.2 Å². The largest absolute Gasteiger partial charge is 0.456 e. The summed E-state index contributed by atoms with van der Waals surface area (Å²) in [5.41, 5.74) is 0.110. The van der Waals surface area contributed by atoms with Crippen molar-refractivity contribution in [1.29, 1.82) is 0 Å². The molecule has 1 N–H and O–H groups in total. The van der Waals surface area contributed by atoms with E-state index < -0.39 is 15.9 Å². The van der Waals surface area contributed by atoms with Crippen LogP contribution in [-0.4, -0.2) is 20.6 Å². The Morgan fingerprint density at radius 1 is 1.09 bits per heavy atom. The Bertz CT molecular complexity index is 804. The van der Waals surface area contributed by atoms with Gasteiger partial charge in [0.1, 0.15) is 11.5 Å². The number of carbonyl (C=O) groups excluding carboxylic acids is 1. The zero-order valence-electron chi connectivity index (χ0n) is 11.3. The van der Waals surface area contributed by atoms with Crippen molar-refractivity contribution in [2.75, 3.05) is 6.26 Å². The molecule has 0 saturated heterocycles. The average Bonchev–Trinajstić information content (AvgIpc) is 2.41. The molecule has 0 saturated carbocycles. The third-order valence-corrected chi connectivity index (χ3v) is 3.62. The Morgan fingerprint density at radius 3 is 2.27 bits per heavy atom. The van der Waals surface area contributed by atoms with Gasteiger partial charge in [0, 0.05) is 10.6 Å². The predicted molar refractivity (Wildman–Crippen MR) is 85.3 cm³/mol. The highest BCUT2D eigenvalue weighted by molar-refractivity contribution is 7.89. The van der Waals surface area contributed by atoms with E-state index in [4.69, 9.17) is 27.9 Å². The van der Waals surface area contributed by atoms with Gasteiger partial charge < -0.3 is 4.74 Å². The van der Waals surface area contributed by atoms with Gasteiger partial charge in [-0.3, -0.25) is 4.79 Å². The molecule has 0 atom stereocenters. The van der Waals surface area contributed by atoms with Crippen LogP contribution in [0.3, 0.4) is 0 Å². The number of hydrogen-bond donors (Lipinski definition) is 1. The zero-order valence-corrected chi connectivity index (χ0v) is 13.7. The summed E-state index contributed by atoms with van der Waals surface area (Å²) in [5.74, 6) is 0.0991. The first-order valence-corrected chi connectivity index (χ1v) is 8.64. The molecule has 0 aliphatic rings. The van der Waals surface area contributed by atoms with Crippen LogP contribution in [-0.2, 0) is 10.0 Å². The lowest BCUT2D eigenvalue weighted by molar-refractivity contribution is 0.0981. The first kappa shape index (κ1) is 16.6. The van der Waals surface area contributed by atoms with Gasteiger partial charge >= 0.3 is 0 Å². The summed E-state index contributed by atoms with van der Waals surface area (Å²) < 4.78 is 29.5. The van der Waals surface area contributed by atoms with Gasteiger partial charge in [-0.2, -0.15) is 0 Å². The van der Waals surface area contributed by atoms with Crippen LogP contribution in [0.2, 0.25) is 10.0 Å². The van der Waals surface area contributed by atoms with Crippen LogP contribution < -0.4 is 9.46 Å². The Morgan fingerprint density at radius 2 is 1.73 bits per heavy atom. The van der Waals surface area contributed by atoms with Gasteiger partial charge in [-0.1, -0.05) is 23.2 Å². The molecule has 5 nitrogen and oxygen atoms in total. The number of carbonyl (C=O) groups is 1. The van der Waals surface area contributed by atoms with Crippen molar-refractivity contribution in [2.24, 2.45) is 0 Å². The van der Waals surface area contributed by atoms with Crippen molar-refractivity contribution in [2.45, 2.75) is 0 Å². The third-order valence-electron chi connectivity index (χ3n) is 2.51. The fraction of sp³-hybridized carbons (Fsp3) is 0.0714. The van der Waals surface area contributed by atoms with Crippen LogP contribution in [0.1, 0.15) is 10.4 Å². The number of rotatable bonds is 4. The van der Waals surface area contributed by atoms with Gasteiger partial charge in [0.2, 0.25) is 10.0 Å². The lowest BCUT2D eigenvalue weighted by atomic mass is 10.2. The van der Waals surface area contributed by atoms with Crippen molar-refractivity contribution in [1.82, 2.24) is 4.72 Å². The van der Waals surface area contributed by atoms with E-state index >= 15 is 0 Å². The molecule has 2 rings (SSSR count). The summed E-state index contributed by atoms with van der Waals surface area (Å²) >= 11 is 11.8. The quantitative estimate of drug-likeness (QED) is 0.906. The molecule has 0 heterocycles. The van der Waals surface area contributed by atoms with Gasteiger partial charge in [0.05, 0.1) is 11.3 Å².